The maximum Gasteiger partial charge on any atom is 0.318 e. The van der Waals surface area contributed by atoms with Gasteiger partial charge in [-0.25, -0.2) is 9.18 Å². The molecule has 0 saturated heterocycles. The first-order chi connectivity index (χ1) is 9.97. The van der Waals surface area contributed by atoms with E-state index in [2.05, 4.69) is 5.32 Å². The number of nitrogens with two attached hydrogens (primary N) is 1. The van der Waals surface area contributed by atoms with Gasteiger partial charge in [-0.15, -0.1) is 0 Å². The maximum absolute atomic E-state index is 13.9. The number of amides is 3. The molecule has 0 radical (unpaired) electrons. The summed E-state index contributed by atoms with van der Waals surface area (Å²) >= 11 is 0. The first kappa shape index (κ1) is 15.2. The summed E-state index contributed by atoms with van der Waals surface area (Å²) in [5.41, 5.74) is 5.49. The number of rotatable bonds is 6. The summed E-state index contributed by atoms with van der Waals surface area (Å²) in [4.78, 5) is 22.2. The molecule has 1 fully saturated rings. The number of carbonyl (C=O) groups is 2. The number of para-hydroxylation sites is 1. The van der Waals surface area contributed by atoms with E-state index < -0.39 is 23.9 Å². The molecule has 6 nitrogen and oxygen atoms in total. The van der Waals surface area contributed by atoms with Crippen LogP contribution in [-0.4, -0.2) is 24.1 Å². The van der Waals surface area contributed by atoms with E-state index in [1.165, 1.54) is 13.0 Å². The van der Waals surface area contributed by atoms with Crippen LogP contribution >= 0.6 is 0 Å². The Hall–Kier alpha value is -2.15. The van der Waals surface area contributed by atoms with Crippen molar-refractivity contribution in [3.05, 3.63) is 29.6 Å². The van der Waals surface area contributed by atoms with Crippen molar-refractivity contribution in [1.29, 1.82) is 0 Å². The van der Waals surface area contributed by atoms with Gasteiger partial charge < -0.3 is 15.8 Å². The van der Waals surface area contributed by atoms with Crippen LogP contribution in [0.4, 0.5) is 9.18 Å². The summed E-state index contributed by atoms with van der Waals surface area (Å²) in [6.07, 6.45) is 1.19. The van der Waals surface area contributed by atoms with Crippen LogP contribution < -0.4 is 21.1 Å². The molecule has 7 heteroatoms. The average Bonchev–Trinajstić information content (AvgIpc) is 3.22. The van der Waals surface area contributed by atoms with Crippen LogP contribution in [0, 0.1) is 5.82 Å². The Labute approximate surface area is 121 Å². The van der Waals surface area contributed by atoms with E-state index in [0.29, 0.717) is 18.2 Å². The van der Waals surface area contributed by atoms with Gasteiger partial charge in [-0.3, -0.25) is 10.1 Å². The van der Waals surface area contributed by atoms with Crippen molar-refractivity contribution >= 4 is 11.9 Å². The molecule has 2 rings (SSSR count). The van der Waals surface area contributed by atoms with Crippen LogP contribution in [0.15, 0.2) is 18.2 Å². The summed E-state index contributed by atoms with van der Waals surface area (Å²) in [6.45, 7) is 1.88. The third-order valence-electron chi connectivity index (χ3n) is 3.12. The molecule has 0 aliphatic heterocycles. The molecular weight excluding hydrogens is 277 g/mol. The molecule has 0 spiro atoms. The van der Waals surface area contributed by atoms with Crippen LogP contribution in [0.5, 0.6) is 5.75 Å². The quantitative estimate of drug-likeness (QED) is 0.731. The SMILES string of the molecule is CC(Oc1c(F)cccc1CNC1CC1)C(=O)NC(N)=O. The van der Waals surface area contributed by atoms with Crippen molar-refractivity contribution in [3.63, 3.8) is 0 Å². The number of urea groups is 1. The lowest BCUT2D eigenvalue weighted by Gasteiger charge is -2.17. The van der Waals surface area contributed by atoms with Gasteiger partial charge >= 0.3 is 6.03 Å². The summed E-state index contributed by atoms with van der Waals surface area (Å²) < 4.78 is 19.3. The number of primary amides is 1. The number of nitrogens with one attached hydrogen (secondary N) is 2. The van der Waals surface area contributed by atoms with Gasteiger partial charge in [0.1, 0.15) is 0 Å². The molecule has 1 aliphatic rings. The van der Waals surface area contributed by atoms with Gasteiger partial charge in [0.2, 0.25) is 0 Å². The van der Waals surface area contributed by atoms with Crippen LogP contribution in [0.2, 0.25) is 0 Å². The number of ether oxygens (including phenoxy) is 1. The second-order valence-electron chi connectivity index (χ2n) is 5.00. The van der Waals surface area contributed by atoms with Gasteiger partial charge in [0, 0.05) is 18.2 Å². The van der Waals surface area contributed by atoms with Gasteiger partial charge in [-0.2, -0.15) is 0 Å². The smallest absolute Gasteiger partial charge is 0.318 e. The van der Waals surface area contributed by atoms with E-state index in [4.69, 9.17) is 10.5 Å². The number of hydrogen-bond donors (Lipinski definition) is 3. The molecule has 1 aromatic rings. The Kier molecular flexibility index (Phi) is 4.74. The molecule has 1 atom stereocenters. The molecule has 1 aromatic carbocycles. The summed E-state index contributed by atoms with van der Waals surface area (Å²) in [5.74, 6) is -1.26. The molecule has 0 bridgehead atoms. The molecule has 1 aliphatic carbocycles. The number of hydrogen-bond acceptors (Lipinski definition) is 4. The normalized spacial score (nSPS) is 15.3. The number of benzene rings is 1. The van der Waals surface area contributed by atoms with Crippen LogP contribution in [0.3, 0.4) is 0 Å². The number of carbonyl (C=O) groups excluding carboxylic acids is 2. The van der Waals surface area contributed by atoms with Crippen LogP contribution in [-0.2, 0) is 11.3 Å². The second kappa shape index (κ2) is 6.53. The molecule has 21 heavy (non-hydrogen) atoms. The monoisotopic (exact) mass is 295 g/mol. The Morgan fingerprint density at radius 1 is 1.48 bits per heavy atom. The zero-order chi connectivity index (χ0) is 15.4. The van der Waals surface area contributed by atoms with E-state index in [0.717, 1.165) is 12.8 Å². The Morgan fingerprint density at radius 3 is 2.81 bits per heavy atom. The van der Waals surface area contributed by atoms with Crippen molar-refractivity contribution in [2.75, 3.05) is 0 Å². The molecule has 3 amide bonds. The number of halogens is 1. The van der Waals surface area contributed by atoms with E-state index in [1.807, 2.05) is 5.32 Å². The topological polar surface area (TPSA) is 93.4 Å². The Bertz CT molecular complexity index is 546. The molecule has 4 N–H and O–H groups in total. The van der Waals surface area contributed by atoms with Gasteiger partial charge in [0.25, 0.3) is 5.91 Å². The van der Waals surface area contributed by atoms with E-state index >= 15 is 0 Å². The highest BCUT2D eigenvalue weighted by Gasteiger charge is 2.23. The summed E-state index contributed by atoms with van der Waals surface area (Å²) in [5, 5.41) is 5.15. The van der Waals surface area contributed by atoms with E-state index in [-0.39, 0.29) is 5.75 Å². The standard InChI is InChI=1S/C14H18FN3O3/c1-8(13(19)18-14(16)20)21-12-9(3-2-4-11(12)15)7-17-10-5-6-10/h2-4,8,10,17H,5-7H2,1H3,(H3,16,18,19,20). The van der Waals surface area contributed by atoms with Crippen molar-refractivity contribution in [2.24, 2.45) is 5.73 Å². The third kappa shape index (κ3) is 4.42. The van der Waals surface area contributed by atoms with Crippen molar-refractivity contribution in [3.8, 4) is 5.75 Å². The predicted octanol–water partition coefficient (Wildman–Crippen LogP) is 1.04. The third-order valence-corrected chi connectivity index (χ3v) is 3.12. The Morgan fingerprint density at radius 2 is 2.19 bits per heavy atom. The van der Waals surface area contributed by atoms with Gasteiger partial charge in [-0.1, -0.05) is 12.1 Å². The van der Waals surface area contributed by atoms with Crippen molar-refractivity contribution in [1.82, 2.24) is 10.6 Å². The lowest BCUT2D eigenvalue weighted by atomic mass is 10.2. The zero-order valence-electron chi connectivity index (χ0n) is 11.7. The number of imide groups is 1. The lowest BCUT2D eigenvalue weighted by molar-refractivity contribution is -0.126. The first-order valence-electron chi connectivity index (χ1n) is 6.75. The lowest BCUT2D eigenvalue weighted by Crippen LogP contribution is -2.42. The molecule has 114 valence electrons. The van der Waals surface area contributed by atoms with Gasteiger partial charge in [0.05, 0.1) is 0 Å². The second-order valence-corrected chi connectivity index (χ2v) is 5.00. The summed E-state index contributed by atoms with van der Waals surface area (Å²) in [7, 11) is 0. The summed E-state index contributed by atoms with van der Waals surface area (Å²) in [6, 6.07) is 4.07. The minimum Gasteiger partial charge on any atom is -0.477 e. The van der Waals surface area contributed by atoms with Crippen molar-refractivity contribution in [2.45, 2.75) is 38.5 Å². The van der Waals surface area contributed by atoms with Crippen LogP contribution in [0.1, 0.15) is 25.3 Å². The fraction of sp³-hybridized carbons (Fsp3) is 0.429. The van der Waals surface area contributed by atoms with Crippen molar-refractivity contribution < 1.29 is 18.7 Å². The minimum absolute atomic E-state index is 0.0118. The minimum atomic E-state index is -1.03. The molecule has 1 unspecified atom stereocenters. The fourth-order valence-electron chi connectivity index (χ4n) is 1.82. The zero-order valence-corrected chi connectivity index (χ0v) is 11.7. The van der Waals surface area contributed by atoms with Crippen LogP contribution in [0.25, 0.3) is 0 Å². The van der Waals surface area contributed by atoms with Gasteiger partial charge in [-0.05, 0) is 25.8 Å². The van der Waals surface area contributed by atoms with Gasteiger partial charge in [0.15, 0.2) is 17.7 Å². The molecule has 0 heterocycles. The van der Waals surface area contributed by atoms with E-state index in [1.54, 1.807) is 12.1 Å². The largest absolute Gasteiger partial charge is 0.477 e. The maximum atomic E-state index is 13.9. The average molecular weight is 295 g/mol. The predicted molar refractivity (Wildman–Crippen MR) is 74.1 cm³/mol. The Balaban J connectivity index is 2.06. The highest BCUT2D eigenvalue weighted by atomic mass is 19.1. The highest BCUT2D eigenvalue weighted by Crippen LogP contribution is 2.26. The first-order valence-corrected chi connectivity index (χ1v) is 6.75. The molecule has 1 saturated carbocycles. The fourth-order valence-corrected chi connectivity index (χ4v) is 1.82. The highest BCUT2D eigenvalue weighted by molar-refractivity contribution is 5.95. The van der Waals surface area contributed by atoms with E-state index in [9.17, 15) is 14.0 Å². The molecular formula is C14H18FN3O3. The molecule has 0 aromatic heterocycles.